The summed E-state index contributed by atoms with van der Waals surface area (Å²) in [5.74, 6) is 0.792. The molecule has 1 aliphatic heterocycles. The number of para-hydroxylation sites is 2. The Morgan fingerprint density at radius 3 is 2.65 bits per heavy atom. The number of nitrogens with zero attached hydrogens (tertiary/aromatic N) is 1. The molecule has 3 rings (SSSR count). The van der Waals surface area contributed by atoms with Gasteiger partial charge in [0.1, 0.15) is 5.75 Å². The lowest BCUT2D eigenvalue weighted by Gasteiger charge is -2.13. The number of aliphatic imine (C=N–C) groups is 1. The molecule has 0 fully saturated rings. The third-order valence-electron chi connectivity index (χ3n) is 2.62. The van der Waals surface area contributed by atoms with E-state index in [1.165, 1.54) is 0 Å². The van der Waals surface area contributed by atoms with Crippen molar-refractivity contribution in [1.82, 2.24) is 0 Å². The first-order chi connectivity index (χ1) is 8.34. The lowest BCUT2D eigenvalue weighted by Crippen LogP contribution is -2.11. The molecular formula is C14H10N2O. The predicted molar refractivity (Wildman–Crippen MR) is 67.6 cm³/mol. The second kappa shape index (κ2) is 3.87. The molecule has 0 unspecified atom stereocenters. The Morgan fingerprint density at radius 2 is 1.71 bits per heavy atom. The second-order valence-corrected chi connectivity index (χ2v) is 3.74. The van der Waals surface area contributed by atoms with Crippen molar-refractivity contribution in [2.45, 2.75) is 0 Å². The summed E-state index contributed by atoms with van der Waals surface area (Å²) < 4.78 is 5.56. The van der Waals surface area contributed by atoms with Crippen LogP contribution in [0.15, 0.2) is 53.5 Å². The maximum atomic E-state index is 7.94. The summed E-state index contributed by atoms with van der Waals surface area (Å²) >= 11 is 0. The Morgan fingerprint density at radius 1 is 0.941 bits per heavy atom. The van der Waals surface area contributed by atoms with E-state index in [9.17, 15) is 0 Å². The molecule has 2 aromatic carbocycles. The van der Waals surface area contributed by atoms with E-state index in [0.717, 1.165) is 11.3 Å². The van der Waals surface area contributed by atoms with Crippen LogP contribution in [0.2, 0.25) is 0 Å². The van der Waals surface area contributed by atoms with Crippen LogP contribution in [0.25, 0.3) is 0 Å². The van der Waals surface area contributed by atoms with Crippen molar-refractivity contribution in [3.8, 4) is 5.75 Å². The van der Waals surface area contributed by atoms with Crippen LogP contribution in [0.3, 0.4) is 0 Å². The Labute approximate surface area is 98.9 Å². The summed E-state index contributed by atoms with van der Waals surface area (Å²) in [6.45, 7) is 0. The van der Waals surface area contributed by atoms with Gasteiger partial charge in [-0.15, -0.1) is 0 Å². The number of fused-ring (bicyclic) bond motifs is 2. The summed E-state index contributed by atoms with van der Waals surface area (Å²) in [7, 11) is 0. The Bertz CT molecular complexity index is 617. The smallest absolute Gasteiger partial charge is 0.221 e. The quantitative estimate of drug-likeness (QED) is 0.731. The van der Waals surface area contributed by atoms with Crippen LogP contribution in [0.1, 0.15) is 11.1 Å². The molecule has 0 radical (unpaired) electrons. The minimum Gasteiger partial charge on any atom is -0.438 e. The van der Waals surface area contributed by atoms with Gasteiger partial charge in [-0.3, -0.25) is 10.4 Å². The number of nitrogens with one attached hydrogen (secondary N) is 1. The average Bonchev–Trinajstić information content (AvgIpc) is 2.36. The molecule has 0 atom stereocenters. The Kier molecular flexibility index (Phi) is 2.22. The average molecular weight is 222 g/mol. The Balaban J connectivity index is 2.19. The van der Waals surface area contributed by atoms with E-state index in [1.54, 1.807) is 6.21 Å². The highest BCUT2D eigenvalue weighted by Gasteiger charge is 2.13. The predicted octanol–water partition coefficient (Wildman–Crippen LogP) is 3.15. The molecule has 0 aliphatic carbocycles. The first kappa shape index (κ1) is 9.78. The molecule has 0 bridgehead atoms. The highest BCUT2D eigenvalue weighted by molar-refractivity contribution is 6.01. The minimum absolute atomic E-state index is 0.130. The molecule has 3 nitrogen and oxygen atoms in total. The molecule has 17 heavy (non-hydrogen) atoms. The highest BCUT2D eigenvalue weighted by atomic mass is 16.5. The third kappa shape index (κ3) is 1.72. The van der Waals surface area contributed by atoms with E-state index >= 15 is 0 Å². The van der Waals surface area contributed by atoms with Gasteiger partial charge in [0.2, 0.25) is 5.90 Å². The van der Waals surface area contributed by atoms with Crippen LogP contribution in [-0.4, -0.2) is 12.1 Å². The molecule has 2 aromatic rings. The summed E-state index contributed by atoms with van der Waals surface area (Å²) in [4.78, 5) is 4.39. The van der Waals surface area contributed by atoms with Gasteiger partial charge in [0.15, 0.2) is 0 Å². The van der Waals surface area contributed by atoms with Crippen molar-refractivity contribution in [3.05, 3.63) is 59.7 Å². The molecule has 0 saturated heterocycles. The molecule has 1 heterocycles. The van der Waals surface area contributed by atoms with Crippen molar-refractivity contribution in [2.24, 2.45) is 4.99 Å². The van der Waals surface area contributed by atoms with Gasteiger partial charge in [-0.1, -0.05) is 24.3 Å². The van der Waals surface area contributed by atoms with E-state index in [0.29, 0.717) is 11.3 Å². The molecule has 0 saturated carbocycles. The van der Waals surface area contributed by atoms with Gasteiger partial charge in [0, 0.05) is 11.8 Å². The topological polar surface area (TPSA) is 45.4 Å². The molecule has 3 heteroatoms. The highest BCUT2D eigenvalue weighted by Crippen LogP contribution is 2.25. The number of ether oxygens (including phenoxy) is 1. The molecular weight excluding hydrogens is 212 g/mol. The fourth-order valence-corrected chi connectivity index (χ4v) is 1.76. The molecule has 0 spiro atoms. The molecule has 0 aromatic heterocycles. The lowest BCUT2D eigenvalue weighted by molar-refractivity contribution is 0.546. The van der Waals surface area contributed by atoms with Gasteiger partial charge in [-0.2, -0.15) is 0 Å². The first-order valence-corrected chi connectivity index (χ1v) is 5.33. The number of rotatable bonds is 0. The van der Waals surface area contributed by atoms with Crippen molar-refractivity contribution in [2.75, 3.05) is 0 Å². The third-order valence-corrected chi connectivity index (χ3v) is 2.62. The van der Waals surface area contributed by atoms with Gasteiger partial charge in [-0.05, 0) is 24.3 Å². The summed E-state index contributed by atoms with van der Waals surface area (Å²) in [5.41, 5.74) is 2.34. The van der Waals surface area contributed by atoms with Crippen LogP contribution >= 0.6 is 0 Å². The summed E-state index contributed by atoms with van der Waals surface area (Å²) in [6, 6.07) is 15.0. The van der Waals surface area contributed by atoms with E-state index in [-0.39, 0.29) is 5.90 Å². The number of hydrogen-bond donors (Lipinski definition) is 1. The maximum Gasteiger partial charge on any atom is 0.221 e. The standard InChI is InChI=1S/C14H10N2O/c15-14-11-6-2-3-7-12(11)16-9-10-5-1-4-8-13(10)17-14/h1-9,15H. The fourth-order valence-electron chi connectivity index (χ4n) is 1.76. The van der Waals surface area contributed by atoms with E-state index in [2.05, 4.69) is 4.99 Å². The lowest BCUT2D eigenvalue weighted by atomic mass is 10.1. The molecule has 0 amide bonds. The zero-order chi connectivity index (χ0) is 11.7. The van der Waals surface area contributed by atoms with Gasteiger partial charge in [0.05, 0.1) is 11.3 Å². The van der Waals surface area contributed by atoms with Gasteiger partial charge >= 0.3 is 0 Å². The molecule has 1 aliphatic rings. The Hall–Kier alpha value is -2.42. The first-order valence-electron chi connectivity index (χ1n) is 5.33. The van der Waals surface area contributed by atoms with E-state index in [4.69, 9.17) is 10.1 Å². The largest absolute Gasteiger partial charge is 0.438 e. The number of benzene rings is 2. The fraction of sp³-hybridized carbons (Fsp3) is 0. The monoisotopic (exact) mass is 222 g/mol. The summed E-state index contributed by atoms with van der Waals surface area (Å²) in [6.07, 6.45) is 1.76. The summed E-state index contributed by atoms with van der Waals surface area (Å²) in [5, 5.41) is 7.94. The van der Waals surface area contributed by atoms with E-state index < -0.39 is 0 Å². The molecule has 82 valence electrons. The van der Waals surface area contributed by atoms with E-state index in [1.807, 2.05) is 48.5 Å². The van der Waals surface area contributed by atoms with Crippen LogP contribution in [0.4, 0.5) is 5.69 Å². The molecule has 1 N–H and O–H groups in total. The van der Waals surface area contributed by atoms with Crippen molar-refractivity contribution >= 4 is 17.8 Å². The van der Waals surface area contributed by atoms with Crippen molar-refractivity contribution in [3.63, 3.8) is 0 Å². The van der Waals surface area contributed by atoms with Crippen molar-refractivity contribution in [1.29, 1.82) is 5.41 Å². The van der Waals surface area contributed by atoms with Gasteiger partial charge < -0.3 is 4.74 Å². The van der Waals surface area contributed by atoms with Crippen LogP contribution in [-0.2, 0) is 0 Å². The zero-order valence-corrected chi connectivity index (χ0v) is 9.05. The van der Waals surface area contributed by atoms with Crippen LogP contribution in [0.5, 0.6) is 5.75 Å². The van der Waals surface area contributed by atoms with Gasteiger partial charge in [-0.25, -0.2) is 0 Å². The number of hydrogen-bond acceptors (Lipinski definition) is 3. The maximum absolute atomic E-state index is 7.94. The SMILES string of the molecule is N=C1Oc2ccccc2C=Nc2ccccc21. The minimum atomic E-state index is 0.130. The normalized spacial score (nSPS) is 13.1. The van der Waals surface area contributed by atoms with Crippen LogP contribution in [0, 0.1) is 5.41 Å². The van der Waals surface area contributed by atoms with Gasteiger partial charge in [0.25, 0.3) is 0 Å². The van der Waals surface area contributed by atoms with Crippen molar-refractivity contribution < 1.29 is 4.74 Å². The zero-order valence-electron chi connectivity index (χ0n) is 9.05. The second-order valence-electron chi connectivity index (χ2n) is 3.74. The van der Waals surface area contributed by atoms with Crippen LogP contribution < -0.4 is 4.74 Å².